The molecule has 0 saturated heterocycles. The number of carbonyl (C=O) groups is 1. The Hall–Kier alpha value is -2.37. The van der Waals surface area contributed by atoms with E-state index in [1.165, 1.54) is 0 Å². The van der Waals surface area contributed by atoms with Gasteiger partial charge < -0.3 is 15.2 Å². The molecule has 0 aliphatic heterocycles. The average molecular weight is 316 g/mol. The predicted molar refractivity (Wildman–Crippen MR) is 89.2 cm³/mol. The minimum atomic E-state index is -0.0670. The van der Waals surface area contributed by atoms with E-state index in [4.69, 9.17) is 4.52 Å². The zero-order valence-corrected chi connectivity index (χ0v) is 13.9. The van der Waals surface area contributed by atoms with Crippen LogP contribution in [0.15, 0.2) is 28.8 Å². The fourth-order valence-corrected chi connectivity index (χ4v) is 2.18. The summed E-state index contributed by atoms with van der Waals surface area (Å²) in [5.41, 5.74) is 1.92. The fraction of sp³-hybridized carbons (Fsp3) is 0.471. The van der Waals surface area contributed by atoms with Crippen LogP contribution in [0.25, 0.3) is 0 Å². The molecule has 2 rings (SSSR count). The lowest BCUT2D eigenvalue weighted by atomic mass is 10.1. The van der Waals surface area contributed by atoms with Crippen LogP contribution in [0.1, 0.15) is 50.0 Å². The van der Waals surface area contributed by atoms with Gasteiger partial charge in [-0.2, -0.15) is 4.98 Å². The van der Waals surface area contributed by atoms with Crippen molar-refractivity contribution in [1.82, 2.24) is 15.5 Å². The summed E-state index contributed by atoms with van der Waals surface area (Å²) in [5, 5.41) is 9.94. The van der Waals surface area contributed by atoms with Crippen molar-refractivity contribution < 1.29 is 9.32 Å². The highest BCUT2D eigenvalue weighted by Crippen LogP contribution is 2.19. The average Bonchev–Trinajstić information content (AvgIpc) is 3.03. The maximum Gasteiger partial charge on any atom is 0.248 e. The highest BCUT2D eigenvalue weighted by molar-refractivity contribution is 5.78. The molecule has 6 heteroatoms. The molecule has 2 N–H and O–H groups in total. The summed E-state index contributed by atoms with van der Waals surface area (Å²) in [6.07, 6.45) is 3.41. The van der Waals surface area contributed by atoms with E-state index >= 15 is 0 Å². The van der Waals surface area contributed by atoms with E-state index in [0.29, 0.717) is 12.3 Å². The molecule has 1 atom stereocenters. The number of carbonyl (C=O) groups excluding carboxylic acids is 1. The lowest BCUT2D eigenvalue weighted by molar-refractivity contribution is -0.119. The van der Waals surface area contributed by atoms with Gasteiger partial charge in [-0.05, 0) is 31.0 Å². The van der Waals surface area contributed by atoms with Crippen molar-refractivity contribution in [3.05, 3.63) is 41.5 Å². The molecule has 0 saturated carbocycles. The molecule has 1 aromatic carbocycles. The minimum Gasteiger partial charge on any atom is -0.374 e. The maximum absolute atomic E-state index is 11.4. The van der Waals surface area contributed by atoms with Crippen molar-refractivity contribution in [3.63, 3.8) is 0 Å². The number of aryl methyl sites for hydroxylation is 1. The molecule has 1 aromatic heterocycles. The normalized spacial score (nSPS) is 12.0. The van der Waals surface area contributed by atoms with Crippen molar-refractivity contribution in [1.29, 1.82) is 0 Å². The topological polar surface area (TPSA) is 80.0 Å². The Bertz CT molecular complexity index is 622. The predicted octanol–water partition coefficient (Wildman–Crippen LogP) is 2.87. The number of nitrogens with one attached hydrogen (secondary N) is 2. The number of unbranched alkanes of at least 4 members (excludes halogenated alkanes) is 1. The quantitative estimate of drug-likeness (QED) is 0.783. The Morgan fingerprint density at radius 3 is 2.70 bits per heavy atom. The Balaban J connectivity index is 1.93. The molecule has 0 bridgehead atoms. The van der Waals surface area contributed by atoms with E-state index in [-0.39, 0.29) is 11.9 Å². The van der Waals surface area contributed by atoms with Crippen LogP contribution < -0.4 is 10.6 Å². The summed E-state index contributed by atoms with van der Waals surface area (Å²) < 4.78 is 5.31. The first-order valence-corrected chi connectivity index (χ1v) is 8.01. The lowest BCUT2D eigenvalue weighted by Crippen LogP contribution is -2.19. The van der Waals surface area contributed by atoms with Crippen LogP contribution in [0.2, 0.25) is 0 Å². The molecule has 0 spiro atoms. The Morgan fingerprint density at radius 2 is 2.04 bits per heavy atom. The van der Waals surface area contributed by atoms with Gasteiger partial charge in [0.25, 0.3) is 0 Å². The van der Waals surface area contributed by atoms with E-state index in [1.807, 2.05) is 31.2 Å². The van der Waals surface area contributed by atoms with Gasteiger partial charge in [-0.3, -0.25) is 4.79 Å². The SMILES string of the molecule is CCCCc1noc(C(C)Nc2ccc(CC(=O)NC)cc2)n1. The van der Waals surface area contributed by atoms with Crippen molar-refractivity contribution in [2.45, 2.75) is 45.6 Å². The largest absolute Gasteiger partial charge is 0.374 e. The third-order valence-corrected chi connectivity index (χ3v) is 3.59. The standard InChI is InChI=1S/C17H24N4O2/c1-4-5-6-15-20-17(23-21-15)12(2)19-14-9-7-13(8-10-14)11-16(22)18-3/h7-10,12,19H,4-6,11H2,1-3H3,(H,18,22). The van der Waals surface area contributed by atoms with Gasteiger partial charge in [0.1, 0.15) is 6.04 Å². The third-order valence-electron chi connectivity index (χ3n) is 3.59. The van der Waals surface area contributed by atoms with Gasteiger partial charge in [-0.15, -0.1) is 0 Å². The molecule has 2 aromatic rings. The molecular formula is C17H24N4O2. The van der Waals surface area contributed by atoms with E-state index in [9.17, 15) is 4.79 Å². The summed E-state index contributed by atoms with van der Waals surface area (Å²) in [5.74, 6) is 1.35. The first kappa shape index (κ1) is 17.0. The Morgan fingerprint density at radius 1 is 1.30 bits per heavy atom. The van der Waals surface area contributed by atoms with Gasteiger partial charge in [0.15, 0.2) is 5.82 Å². The molecule has 0 aliphatic rings. The number of aromatic nitrogens is 2. The highest BCUT2D eigenvalue weighted by Gasteiger charge is 2.14. The molecule has 6 nitrogen and oxygen atoms in total. The van der Waals surface area contributed by atoms with Crippen LogP contribution in [-0.2, 0) is 17.6 Å². The van der Waals surface area contributed by atoms with Crippen LogP contribution in [0.5, 0.6) is 0 Å². The number of benzene rings is 1. The second-order valence-electron chi connectivity index (χ2n) is 5.57. The van der Waals surface area contributed by atoms with Gasteiger partial charge in [0.05, 0.1) is 6.42 Å². The number of amides is 1. The smallest absolute Gasteiger partial charge is 0.248 e. The number of anilines is 1. The van der Waals surface area contributed by atoms with Gasteiger partial charge in [-0.1, -0.05) is 30.6 Å². The lowest BCUT2D eigenvalue weighted by Gasteiger charge is -2.11. The number of rotatable bonds is 8. The zero-order valence-electron chi connectivity index (χ0n) is 13.9. The van der Waals surface area contributed by atoms with E-state index in [2.05, 4.69) is 27.7 Å². The van der Waals surface area contributed by atoms with Crippen molar-refractivity contribution in [2.75, 3.05) is 12.4 Å². The van der Waals surface area contributed by atoms with Gasteiger partial charge in [-0.25, -0.2) is 0 Å². The van der Waals surface area contributed by atoms with Crippen LogP contribution in [0.4, 0.5) is 5.69 Å². The van der Waals surface area contributed by atoms with E-state index in [0.717, 1.165) is 36.3 Å². The van der Waals surface area contributed by atoms with E-state index in [1.54, 1.807) is 7.05 Å². The molecular weight excluding hydrogens is 292 g/mol. The third kappa shape index (κ3) is 5.09. The maximum atomic E-state index is 11.4. The molecule has 0 fully saturated rings. The molecule has 1 amide bonds. The van der Waals surface area contributed by atoms with Crippen LogP contribution in [0.3, 0.4) is 0 Å². The number of hydrogen-bond acceptors (Lipinski definition) is 5. The first-order valence-electron chi connectivity index (χ1n) is 8.01. The van der Waals surface area contributed by atoms with Crippen LogP contribution in [0, 0.1) is 0 Å². The zero-order chi connectivity index (χ0) is 16.7. The van der Waals surface area contributed by atoms with Crippen molar-refractivity contribution in [2.24, 2.45) is 0 Å². The molecule has 0 aliphatic carbocycles. The van der Waals surface area contributed by atoms with Crippen molar-refractivity contribution >= 4 is 11.6 Å². The van der Waals surface area contributed by atoms with E-state index < -0.39 is 0 Å². The van der Waals surface area contributed by atoms with Crippen LogP contribution >= 0.6 is 0 Å². The molecule has 124 valence electrons. The summed E-state index contributed by atoms with van der Waals surface area (Å²) in [7, 11) is 1.64. The Labute approximate surface area is 136 Å². The van der Waals surface area contributed by atoms with Gasteiger partial charge in [0.2, 0.25) is 11.8 Å². The summed E-state index contributed by atoms with van der Waals surface area (Å²) in [4.78, 5) is 15.8. The summed E-state index contributed by atoms with van der Waals surface area (Å²) in [6.45, 7) is 4.12. The highest BCUT2D eigenvalue weighted by atomic mass is 16.5. The number of hydrogen-bond donors (Lipinski definition) is 2. The Kier molecular flexibility index (Phi) is 6.14. The van der Waals surface area contributed by atoms with Gasteiger partial charge in [0, 0.05) is 19.2 Å². The second kappa shape index (κ2) is 8.31. The first-order chi connectivity index (χ1) is 11.1. The fourth-order valence-electron chi connectivity index (χ4n) is 2.18. The monoisotopic (exact) mass is 316 g/mol. The number of likely N-dealkylation sites (N-methyl/N-ethyl adjacent to an activating group) is 1. The molecule has 23 heavy (non-hydrogen) atoms. The van der Waals surface area contributed by atoms with Gasteiger partial charge >= 0.3 is 0 Å². The molecule has 0 radical (unpaired) electrons. The molecule has 1 heterocycles. The summed E-state index contributed by atoms with van der Waals surface area (Å²) >= 11 is 0. The van der Waals surface area contributed by atoms with Crippen LogP contribution in [-0.4, -0.2) is 23.1 Å². The van der Waals surface area contributed by atoms with Crippen molar-refractivity contribution in [3.8, 4) is 0 Å². The minimum absolute atomic E-state index is 0.00421. The second-order valence-corrected chi connectivity index (χ2v) is 5.57. The summed E-state index contributed by atoms with van der Waals surface area (Å²) in [6, 6.07) is 7.70. The molecule has 1 unspecified atom stereocenters. The number of nitrogens with zero attached hydrogens (tertiary/aromatic N) is 2.